The van der Waals surface area contributed by atoms with Crippen LogP contribution in [-0.2, 0) is 0 Å². The molecule has 0 spiro atoms. The highest BCUT2D eigenvalue weighted by molar-refractivity contribution is 5.93. The zero-order valence-corrected chi connectivity index (χ0v) is 33.8. The van der Waals surface area contributed by atoms with E-state index in [2.05, 4.69) is 35.3 Å². The Morgan fingerprint density at radius 1 is 0.651 bits per heavy atom. The average molecular weight is 859 g/mol. The molecule has 8 heterocycles. The van der Waals surface area contributed by atoms with E-state index < -0.39 is 17.0 Å². The maximum absolute atomic E-state index is 13.1. The fourth-order valence-electron chi connectivity index (χ4n) is 7.59. The van der Waals surface area contributed by atoms with Gasteiger partial charge < -0.3 is 45.0 Å². The lowest BCUT2D eigenvalue weighted by Crippen LogP contribution is -2.53. The van der Waals surface area contributed by atoms with Gasteiger partial charge in [-0.15, -0.1) is 0 Å². The molecule has 63 heavy (non-hydrogen) atoms. The minimum atomic E-state index is -1.09. The Balaban J connectivity index is 0.000000143. The lowest BCUT2D eigenvalue weighted by atomic mass is 9.99. The van der Waals surface area contributed by atoms with Gasteiger partial charge in [-0.25, -0.2) is 32.9 Å². The minimum Gasteiger partial charge on any atom is -0.476 e. The number of carboxylic acids is 1. The fraction of sp³-hybridized carbons (Fsp3) is 0.227. The normalized spacial score (nSPS) is 18.2. The van der Waals surface area contributed by atoms with Crippen LogP contribution in [-0.4, -0.2) is 116 Å². The number of rotatable bonds is 9. The van der Waals surface area contributed by atoms with Crippen molar-refractivity contribution in [3.05, 3.63) is 158 Å². The first-order valence-corrected chi connectivity index (χ1v) is 20.0. The van der Waals surface area contributed by atoms with Gasteiger partial charge in [-0.05, 0) is 97.8 Å². The first-order valence-electron chi connectivity index (χ1n) is 20.0. The van der Waals surface area contributed by atoms with Crippen LogP contribution >= 0.6 is 0 Å². The molecule has 10 rings (SSSR count). The van der Waals surface area contributed by atoms with Crippen LogP contribution in [0.4, 0.5) is 20.4 Å². The number of nitrogens with zero attached hydrogens (tertiary/aromatic N) is 10. The highest BCUT2D eigenvalue weighted by atomic mass is 19.1. The standard InChI is InChI=1S/C22H21FN6O2.C12H16N4O.C10H7FN2O2/c23-16-3-5-17(6-4-16)29-11-7-18(26-29)21(31)25-22(15-30)8-12-28(14-22)20-19-2-1-10-27(19)13-9-24-20;13-12(9-17)3-6-16(8-12)11-10-2-1-5-15(10)7-4-14-11;11-7-1-3-8(4-2-7)13-6-5-9(12-13)10(14)15/h1-7,9-11,13,30H,8,12,14-15H2,(H,25,31);1-2,4-5,7,17H,3,6,8-9,13H2;1-6H,(H,14,15)/t22-;;/m0../s1. The van der Waals surface area contributed by atoms with Gasteiger partial charge in [-0.2, -0.15) is 10.2 Å². The van der Waals surface area contributed by atoms with Crippen molar-refractivity contribution in [1.29, 1.82) is 0 Å². The molecular weight excluding hydrogens is 815 g/mol. The summed E-state index contributed by atoms with van der Waals surface area (Å²) in [6, 6.07) is 22.4. The molecule has 19 heteroatoms. The summed E-state index contributed by atoms with van der Waals surface area (Å²) < 4.78 is 32.7. The topological polar surface area (TPSA) is 210 Å². The van der Waals surface area contributed by atoms with E-state index in [0.717, 1.165) is 35.6 Å². The average Bonchev–Trinajstić information content (AvgIpc) is 4.16. The van der Waals surface area contributed by atoms with E-state index in [4.69, 9.17) is 10.8 Å². The lowest BCUT2D eigenvalue weighted by Gasteiger charge is -2.28. The molecular formula is C44H44F2N12O5. The van der Waals surface area contributed by atoms with Crippen molar-refractivity contribution in [3.63, 3.8) is 0 Å². The van der Waals surface area contributed by atoms with E-state index in [1.54, 1.807) is 36.8 Å². The van der Waals surface area contributed by atoms with Crippen LogP contribution in [0.1, 0.15) is 33.8 Å². The molecule has 2 aliphatic heterocycles. The van der Waals surface area contributed by atoms with Crippen molar-refractivity contribution in [3.8, 4) is 11.4 Å². The molecule has 0 radical (unpaired) electrons. The summed E-state index contributed by atoms with van der Waals surface area (Å²) >= 11 is 0. The number of nitrogens with two attached hydrogens (primary N) is 1. The number of hydrogen-bond acceptors (Lipinski definition) is 11. The monoisotopic (exact) mass is 858 g/mol. The molecule has 0 bridgehead atoms. The second-order valence-corrected chi connectivity index (χ2v) is 15.4. The van der Waals surface area contributed by atoms with Gasteiger partial charge in [0.25, 0.3) is 5.91 Å². The summed E-state index contributed by atoms with van der Waals surface area (Å²) in [6.07, 6.45) is 15.8. The van der Waals surface area contributed by atoms with E-state index >= 15 is 0 Å². The van der Waals surface area contributed by atoms with Crippen LogP contribution in [0, 0.1) is 11.6 Å². The first-order chi connectivity index (χ1) is 30.4. The number of amides is 1. The van der Waals surface area contributed by atoms with Crippen molar-refractivity contribution in [2.24, 2.45) is 5.73 Å². The summed E-state index contributed by atoms with van der Waals surface area (Å²) in [4.78, 5) is 36.6. The van der Waals surface area contributed by atoms with Gasteiger partial charge in [0, 0.05) is 75.8 Å². The number of carboxylic acid groups (broad SMARTS) is 1. The Labute approximate surface area is 358 Å². The third kappa shape index (κ3) is 9.25. The minimum absolute atomic E-state index is 0.0215. The van der Waals surface area contributed by atoms with Crippen molar-refractivity contribution in [2.75, 3.05) is 49.2 Å². The molecule has 1 amide bonds. The number of halogens is 2. The Kier molecular flexibility index (Phi) is 12.0. The van der Waals surface area contributed by atoms with Crippen LogP contribution in [0.2, 0.25) is 0 Å². The Morgan fingerprint density at radius 2 is 1.16 bits per heavy atom. The molecule has 2 aromatic carbocycles. The smallest absolute Gasteiger partial charge is 0.356 e. The van der Waals surface area contributed by atoms with Gasteiger partial charge in [-0.3, -0.25) is 4.79 Å². The Bertz CT molecular complexity index is 2840. The van der Waals surface area contributed by atoms with E-state index in [1.165, 1.54) is 58.0 Å². The Hall–Kier alpha value is -7.48. The number of fused-ring (bicyclic) bond motifs is 2. The fourth-order valence-corrected chi connectivity index (χ4v) is 7.59. The van der Waals surface area contributed by atoms with Crippen molar-refractivity contribution >= 4 is 34.5 Å². The quantitative estimate of drug-likeness (QED) is 0.140. The largest absolute Gasteiger partial charge is 0.476 e. The molecule has 6 N–H and O–H groups in total. The van der Waals surface area contributed by atoms with Crippen LogP contribution in [0.25, 0.3) is 22.4 Å². The molecule has 324 valence electrons. The molecule has 2 fully saturated rings. The maximum Gasteiger partial charge on any atom is 0.356 e. The summed E-state index contributed by atoms with van der Waals surface area (Å²) in [5, 5.41) is 39.1. The third-order valence-electron chi connectivity index (χ3n) is 11.0. The number of hydrogen-bond donors (Lipinski definition) is 5. The third-order valence-corrected chi connectivity index (χ3v) is 11.0. The van der Waals surface area contributed by atoms with E-state index in [-0.39, 0.29) is 42.1 Å². The van der Waals surface area contributed by atoms with Crippen molar-refractivity contribution in [1.82, 2.24) is 43.6 Å². The summed E-state index contributed by atoms with van der Waals surface area (Å²) in [5.74, 6) is -0.378. The number of aliphatic hydroxyl groups excluding tert-OH is 2. The summed E-state index contributed by atoms with van der Waals surface area (Å²) in [6.45, 7) is 2.41. The number of aliphatic hydroxyl groups is 2. The Morgan fingerprint density at radius 3 is 1.65 bits per heavy atom. The number of aromatic carboxylic acids is 1. The number of nitrogens with one attached hydrogen (secondary N) is 1. The molecule has 17 nitrogen and oxygen atoms in total. The SMILES string of the molecule is NC1(CO)CCN(c2nccn3cccc23)C1.O=C(N[C@@]1(CO)CCN(c2nccn3cccc23)C1)c1ccn(-c2ccc(F)cc2)n1.O=C(O)c1ccn(-c2ccc(F)cc2)n1. The molecule has 2 saturated heterocycles. The predicted octanol–water partition coefficient (Wildman–Crippen LogP) is 3.97. The summed E-state index contributed by atoms with van der Waals surface area (Å²) in [7, 11) is 0. The number of benzene rings is 2. The van der Waals surface area contributed by atoms with Gasteiger partial charge in [0.2, 0.25) is 0 Å². The molecule has 8 aromatic rings. The zero-order chi connectivity index (χ0) is 44.1. The van der Waals surface area contributed by atoms with Gasteiger partial charge >= 0.3 is 5.97 Å². The number of carbonyl (C=O) groups is 2. The van der Waals surface area contributed by atoms with Gasteiger partial charge in [-0.1, -0.05) is 0 Å². The van der Waals surface area contributed by atoms with Crippen LogP contribution in [0.3, 0.4) is 0 Å². The number of aromatic nitrogens is 8. The van der Waals surface area contributed by atoms with E-state index in [9.17, 15) is 28.6 Å². The van der Waals surface area contributed by atoms with Crippen LogP contribution in [0.5, 0.6) is 0 Å². The van der Waals surface area contributed by atoms with Crippen molar-refractivity contribution in [2.45, 2.75) is 23.9 Å². The molecule has 2 aliphatic rings. The van der Waals surface area contributed by atoms with Gasteiger partial charge in [0.05, 0.1) is 46.7 Å². The van der Waals surface area contributed by atoms with Crippen LogP contribution < -0.4 is 20.9 Å². The number of anilines is 2. The molecule has 6 aromatic heterocycles. The van der Waals surface area contributed by atoms with Crippen LogP contribution in [0.15, 0.2) is 135 Å². The van der Waals surface area contributed by atoms with Gasteiger partial charge in [0.1, 0.15) is 11.6 Å². The highest BCUT2D eigenvalue weighted by Crippen LogP contribution is 2.29. The molecule has 0 aliphatic carbocycles. The molecule has 0 saturated carbocycles. The van der Waals surface area contributed by atoms with Crippen molar-refractivity contribution < 1.29 is 33.7 Å². The zero-order valence-electron chi connectivity index (χ0n) is 33.8. The second-order valence-electron chi connectivity index (χ2n) is 15.4. The van der Waals surface area contributed by atoms with E-state index in [0.29, 0.717) is 37.4 Å². The number of carbonyl (C=O) groups excluding carboxylic acids is 1. The molecule has 1 unspecified atom stereocenters. The predicted molar refractivity (Wildman–Crippen MR) is 229 cm³/mol. The van der Waals surface area contributed by atoms with Gasteiger partial charge in [0.15, 0.2) is 23.0 Å². The molecule has 2 atom stereocenters. The first kappa shape index (κ1) is 42.2. The lowest BCUT2D eigenvalue weighted by molar-refractivity contribution is 0.0689. The summed E-state index contributed by atoms with van der Waals surface area (Å²) in [5.41, 5.74) is 8.30. The maximum atomic E-state index is 13.1. The van der Waals surface area contributed by atoms with E-state index in [1.807, 2.05) is 57.9 Å². The second kappa shape index (κ2) is 17.9. The highest BCUT2D eigenvalue weighted by Gasteiger charge is 2.40.